The van der Waals surface area contributed by atoms with E-state index in [0.29, 0.717) is 13.1 Å². The van der Waals surface area contributed by atoms with Crippen LogP contribution in [0.25, 0.3) is 0 Å². The van der Waals surface area contributed by atoms with Crippen LogP contribution >= 0.6 is 0 Å². The first-order valence-electron chi connectivity index (χ1n) is 5.11. The first-order chi connectivity index (χ1) is 7.40. The van der Waals surface area contributed by atoms with Crippen molar-refractivity contribution in [2.75, 3.05) is 26.7 Å². The third kappa shape index (κ3) is 3.22. The second-order valence-corrected chi connectivity index (χ2v) is 4.14. The summed E-state index contributed by atoms with van der Waals surface area (Å²) in [5, 5.41) is 8.54. The van der Waals surface area contributed by atoms with Gasteiger partial charge in [0.2, 0.25) is 11.8 Å². The molecule has 0 aromatic rings. The maximum Gasteiger partial charge on any atom is 0.303 e. The maximum absolute atomic E-state index is 11.6. The van der Waals surface area contributed by atoms with E-state index in [1.807, 2.05) is 0 Å². The standard InChI is InChI=1S/C10H16N2O4/c1-7(13)11(2)6-9(14)12-4-8(5-12)3-10(15)16/h8H,3-6H2,1-2H3,(H,15,16). The quantitative estimate of drug-likeness (QED) is 0.696. The molecular formula is C10H16N2O4. The van der Waals surface area contributed by atoms with Crippen LogP contribution in [0.1, 0.15) is 13.3 Å². The van der Waals surface area contributed by atoms with Gasteiger partial charge in [0.1, 0.15) is 0 Å². The Kier molecular flexibility index (Phi) is 3.87. The average molecular weight is 228 g/mol. The summed E-state index contributed by atoms with van der Waals surface area (Å²) < 4.78 is 0. The number of likely N-dealkylation sites (tertiary alicyclic amines) is 1. The van der Waals surface area contributed by atoms with Crippen molar-refractivity contribution < 1.29 is 19.5 Å². The summed E-state index contributed by atoms with van der Waals surface area (Å²) in [6, 6.07) is 0. The van der Waals surface area contributed by atoms with Gasteiger partial charge in [-0.1, -0.05) is 0 Å². The van der Waals surface area contributed by atoms with E-state index in [2.05, 4.69) is 0 Å². The molecular weight excluding hydrogens is 212 g/mol. The van der Waals surface area contributed by atoms with Crippen molar-refractivity contribution in [3.05, 3.63) is 0 Å². The van der Waals surface area contributed by atoms with Crippen molar-refractivity contribution in [2.45, 2.75) is 13.3 Å². The van der Waals surface area contributed by atoms with Crippen LogP contribution in [-0.4, -0.2) is 59.4 Å². The predicted molar refractivity (Wildman–Crippen MR) is 55.6 cm³/mol. The van der Waals surface area contributed by atoms with E-state index in [1.165, 1.54) is 11.8 Å². The van der Waals surface area contributed by atoms with Crippen LogP contribution < -0.4 is 0 Å². The monoisotopic (exact) mass is 228 g/mol. The fourth-order valence-electron chi connectivity index (χ4n) is 1.56. The summed E-state index contributed by atoms with van der Waals surface area (Å²) in [5.41, 5.74) is 0. The Morgan fingerprint density at radius 3 is 2.38 bits per heavy atom. The van der Waals surface area contributed by atoms with Gasteiger partial charge in [0, 0.05) is 33.0 Å². The van der Waals surface area contributed by atoms with E-state index in [-0.39, 0.29) is 30.7 Å². The van der Waals surface area contributed by atoms with Gasteiger partial charge in [-0.25, -0.2) is 0 Å². The number of rotatable bonds is 4. The highest BCUT2D eigenvalue weighted by Gasteiger charge is 2.32. The van der Waals surface area contributed by atoms with Gasteiger partial charge in [0.05, 0.1) is 13.0 Å². The molecule has 0 aromatic carbocycles. The molecule has 0 unspecified atom stereocenters. The minimum absolute atomic E-state index is 0.0593. The van der Waals surface area contributed by atoms with Crippen LogP contribution in [0.2, 0.25) is 0 Å². The molecule has 0 aliphatic carbocycles. The lowest BCUT2D eigenvalue weighted by Gasteiger charge is -2.39. The molecule has 1 aliphatic heterocycles. The Balaban J connectivity index is 2.27. The molecule has 1 heterocycles. The zero-order valence-corrected chi connectivity index (χ0v) is 9.47. The van der Waals surface area contributed by atoms with Gasteiger partial charge in [-0.2, -0.15) is 0 Å². The minimum Gasteiger partial charge on any atom is -0.481 e. The second-order valence-electron chi connectivity index (χ2n) is 4.14. The highest BCUT2D eigenvalue weighted by Crippen LogP contribution is 2.18. The Morgan fingerprint density at radius 1 is 1.38 bits per heavy atom. The summed E-state index contributed by atoms with van der Waals surface area (Å²) in [6.07, 6.45) is 0.103. The number of carboxylic acid groups (broad SMARTS) is 1. The summed E-state index contributed by atoms with van der Waals surface area (Å²) in [5.74, 6) is -1.06. The van der Waals surface area contributed by atoms with Crippen molar-refractivity contribution in [3.63, 3.8) is 0 Å². The van der Waals surface area contributed by atoms with Crippen molar-refractivity contribution in [3.8, 4) is 0 Å². The first kappa shape index (κ1) is 12.5. The molecule has 6 nitrogen and oxygen atoms in total. The van der Waals surface area contributed by atoms with Crippen LogP contribution in [0.5, 0.6) is 0 Å². The highest BCUT2D eigenvalue weighted by atomic mass is 16.4. The summed E-state index contributed by atoms with van der Waals surface area (Å²) in [7, 11) is 1.56. The van der Waals surface area contributed by atoms with E-state index in [0.717, 1.165) is 0 Å². The van der Waals surface area contributed by atoms with Gasteiger partial charge < -0.3 is 14.9 Å². The summed E-state index contributed by atoms with van der Waals surface area (Å²) >= 11 is 0. The molecule has 1 aliphatic rings. The zero-order valence-electron chi connectivity index (χ0n) is 9.47. The third-order valence-electron chi connectivity index (χ3n) is 2.68. The molecule has 90 valence electrons. The van der Waals surface area contributed by atoms with Crippen LogP contribution in [0.15, 0.2) is 0 Å². The van der Waals surface area contributed by atoms with E-state index >= 15 is 0 Å². The highest BCUT2D eigenvalue weighted by molar-refractivity contribution is 5.84. The molecule has 1 rings (SSSR count). The van der Waals surface area contributed by atoms with Crippen LogP contribution in [0.4, 0.5) is 0 Å². The molecule has 0 atom stereocenters. The Labute approximate surface area is 93.8 Å². The largest absolute Gasteiger partial charge is 0.481 e. The number of likely N-dealkylation sites (N-methyl/N-ethyl adjacent to an activating group) is 1. The van der Waals surface area contributed by atoms with Gasteiger partial charge in [-0.15, -0.1) is 0 Å². The van der Waals surface area contributed by atoms with Gasteiger partial charge in [0.15, 0.2) is 0 Å². The molecule has 0 aromatic heterocycles. The number of carbonyl (C=O) groups is 3. The fourth-order valence-corrected chi connectivity index (χ4v) is 1.56. The molecule has 0 saturated carbocycles. The smallest absolute Gasteiger partial charge is 0.303 e. The molecule has 1 N–H and O–H groups in total. The Bertz CT molecular complexity index is 310. The normalized spacial score (nSPS) is 15.5. The van der Waals surface area contributed by atoms with E-state index in [9.17, 15) is 14.4 Å². The number of aliphatic carboxylic acids is 1. The SMILES string of the molecule is CC(=O)N(C)CC(=O)N1CC(CC(=O)O)C1. The van der Waals surface area contributed by atoms with Crippen molar-refractivity contribution in [2.24, 2.45) is 5.92 Å². The number of carboxylic acids is 1. The molecule has 6 heteroatoms. The number of amides is 2. The van der Waals surface area contributed by atoms with Crippen molar-refractivity contribution in [1.82, 2.24) is 9.80 Å². The van der Waals surface area contributed by atoms with Crippen LogP contribution in [-0.2, 0) is 14.4 Å². The number of nitrogens with zero attached hydrogens (tertiary/aromatic N) is 2. The fraction of sp³-hybridized carbons (Fsp3) is 0.700. The van der Waals surface area contributed by atoms with E-state index < -0.39 is 5.97 Å². The third-order valence-corrected chi connectivity index (χ3v) is 2.68. The minimum atomic E-state index is -0.835. The van der Waals surface area contributed by atoms with Gasteiger partial charge in [-0.05, 0) is 0 Å². The van der Waals surface area contributed by atoms with Crippen molar-refractivity contribution in [1.29, 1.82) is 0 Å². The van der Waals surface area contributed by atoms with Gasteiger partial charge >= 0.3 is 5.97 Å². The predicted octanol–water partition coefficient (Wildman–Crippen LogP) is -0.602. The lowest BCUT2D eigenvalue weighted by Crippen LogP contribution is -2.53. The van der Waals surface area contributed by atoms with E-state index in [4.69, 9.17) is 5.11 Å². The zero-order chi connectivity index (χ0) is 12.3. The maximum atomic E-state index is 11.6. The first-order valence-corrected chi connectivity index (χ1v) is 5.11. The number of carbonyl (C=O) groups excluding carboxylic acids is 2. The second kappa shape index (κ2) is 4.96. The molecule has 0 spiro atoms. The van der Waals surface area contributed by atoms with Crippen LogP contribution in [0, 0.1) is 5.92 Å². The van der Waals surface area contributed by atoms with Crippen molar-refractivity contribution >= 4 is 17.8 Å². The molecule has 16 heavy (non-hydrogen) atoms. The molecule has 1 saturated heterocycles. The Morgan fingerprint density at radius 2 is 1.94 bits per heavy atom. The topological polar surface area (TPSA) is 77.9 Å². The average Bonchev–Trinajstić information content (AvgIpc) is 2.09. The van der Waals surface area contributed by atoms with Crippen LogP contribution in [0.3, 0.4) is 0 Å². The van der Waals surface area contributed by atoms with Gasteiger partial charge in [0.25, 0.3) is 0 Å². The van der Waals surface area contributed by atoms with E-state index in [1.54, 1.807) is 11.9 Å². The molecule has 0 radical (unpaired) electrons. The van der Waals surface area contributed by atoms with Gasteiger partial charge in [-0.3, -0.25) is 14.4 Å². The molecule has 1 fully saturated rings. The summed E-state index contributed by atoms with van der Waals surface area (Å²) in [6.45, 7) is 2.43. The summed E-state index contributed by atoms with van der Waals surface area (Å²) in [4.78, 5) is 35.8. The Hall–Kier alpha value is -1.59. The number of hydrogen-bond acceptors (Lipinski definition) is 3. The lowest BCUT2D eigenvalue weighted by molar-refractivity contribution is -0.146. The lowest BCUT2D eigenvalue weighted by atomic mass is 9.96. The number of hydrogen-bond donors (Lipinski definition) is 1. The molecule has 0 bridgehead atoms. The molecule has 2 amide bonds.